The van der Waals surface area contributed by atoms with Gasteiger partial charge in [-0.25, -0.2) is 0 Å². The van der Waals surface area contributed by atoms with Gasteiger partial charge in [-0.1, -0.05) is 18.2 Å². The molecule has 1 fully saturated rings. The van der Waals surface area contributed by atoms with Crippen molar-refractivity contribution in [3.05, 3.63) is 65.5 Å². The molecule has 1 aliphatic rings. The third-order valence-electron chi connectivity index (χ3n) is 4.75. The Morgan fingerprint density at radius 2 is 2.10 bits per heavy atom. The minimum atomic E-state index is -4.48. The highest BCUT2D eigenvalue weighted by Gasteiger charge is 2.32. The molecule has 0 spiro atoms. The zero-order valence-electron chi connectivity index (χ0n) is 16.2. The molecule has 2 heterocycles. The lowest BCUT2D eigenvalue weighted by atomic mass is 10.0. The average molecular weight is 437 g/mol. The van der Waals surface area contributed by atoms with Crippen LogP contribution in [-0.2, 0) is 21.5 Å². The molecule has 0 aliphatic carbocycles. The summed E-state index contributed by atoms with van der Waals surface area (Å²) in [5.74, 6) is 0.406. The molecule has 1 saturated heterocycles. The maximum absolute atomic E-state index is 13.1. The number of thioether (sulfide) groups is 1. The third kappa shape index (κ3) is 6.22. The number of likely N-dealkylation sites (tertiary alicyclic amines) is 1. The zero-order chi connectivity index (χ0) is 21.6. The Labute approximate surface area is 177 Å². The Bertz CT molecular complexity index is 877. The van der Waals surface area contributed by atoms with E-state index >= 15 is 0 Å². The second-order valence-electron chi connectivity index (χ2n) is 7.04. The highest BCUT2D eigenvalue weighted by atomic mass is 32.2. The van der Waals surface area contributed by atoms with E-state index in [0.717, 1.165) is 17.7 Å². The molecule has 9 heteroatoms. The fourth-order valence-electron chi connectivity index (χ4n) is 3.26. The van der Waals surface area contributed by atoms with Crippen molar-refractivity contribution in [1.29, 1.82) is 0 Å². The molecule has 5 nitrogen and oxygen atoms in total. The van der Waals surface area contributed by atoms with E-state index in [0.29, 0.717) is 30.7 Å². The number of hydrogen-bond acceptors (Lipinski definition) is 4. The largest absolute Gasteiger partial charge is 0.416 e. The number of carbonyl (C=O) groups is 2. The van der Waals surface area contributed by atoms with Gasteiger partial charge >= 0.3 is 6.18 Å². The van der Waals surface area contributed by atoms with Crippen molar-refractivity contribution in [1.82, 2.24) is 15.2 Å². The second kappa shape index (κ2) is 9.97. The SMILES string of the molecule is O=C(CSCc1cccnc1)NC(CN1CCCC1=O)c1cccc(C(F)(F)F)c1. The molecule has 2 amide bonds. The van der Waals surface area contributed by atoms with E-state index in [1.807, 2.05) is 12.1 Å². The van der Waals surface area contributed by atoms with Crippen LogP contribution in [0.4, 0.5) is 13.2 Å². The summed E-state index contributed by atoms with van der Waals surface area (Å²) >= 11 is 1.39. The summed E-state index contributed by atoms with van der Waals surface area (Å²) in [7, 11) is 0. The number of halogens is 3. The summed E-state index contributed by atoms with van der Waals surface area (Å²) in [4.78, 5) is 30.1. The van der Waals surface area contributed by atoms with E-state index in [9.17, 15) is 22.8 Å². The summed E-state index contributed by atoms with van der Waals surface area (Å²) in [6.45, 7) is 0.694. The Balaban J connectivity index is 1.68. The summed E-state index contributed by atoms with van der Waals surface area (Å²) < 4.78 is 39.4. The minimum absolute atomic E-state index is 0.0489. The van der Waals surface area contributed by atoms with Crippen LogP contribution in [0.25, 0.3) is 0 Å². The van der Waals surface area contributed by atoms with Gasteiger partial charge in [0.1, 0.15) is 0 Å². The van der Waals surface area contributed by atoms with Crippen LogP contribution in [0, 0.1) is 0 Å². The van der Waals surface area contributed by atoms with Gasteiger partial charge in [-0.15, -0.1) is 11.8 Å². The molecule has 3 rings (SSSR count). The summed E-state index contributed by atoms with van der Waals surface area (Å²) in [5.41, 5.74) is 0.528. The standard InChI is InChI=1S/C21H22F3N3O2S/c22-21(23,24)17-6-1-5-16(10-17)18(12-27-9-3-7-20(27)29)26-19(28)14-30-13-15-4-2-8-25-11-15/h1-2,4-6,8,10-11,18H,3,7,9,12-14H2,(H,26,28). The number of carbonyl (C=O) groups excluding carboxylic acids is 2. The first-order valence-electron chi connectivity index (χ1n) is 9.54. The molecule has 1 unspecified atom stereocenters. The van der Waals surface area contributed by atoms with Gasteiger partial charge in [0.05, 0.1) is 17.4 Å². The van der Waals surface area contributed by atoms with Crippen molar-refractivity contribution in [2.75, 3.05) is 18.8 Å². The molecule has 1 atom stereocenters. The van der Waals surface area contributed by atoms with Gasteiger partial charge in [-0.3, -0.25) is 14.6 Å². The molecule has 2 aromatic rings. The van der Waals surface area contributed by atoms with Crippen LogP contribution in [0.5, 0.6) is 0 Å². The second-order valence-corrected chi connectivity index (χ2v) is 8.03. The number of aromatic nitrogens is 1. The van der Waals surface area contributed by atoms with Gasteiger partial charge < -0.3 is 10.2 Å². The van der Waals surface area contributed by atoms with E-state index in [4.69, 9.17) is 0 Å². The number of nitrogens with one attached hydrogen (secondary N) is 1. The highest BCUT2D eigenvalue weighted by Crippen LogP contribution is 2.31. The van der Waals surface area contributed by atoms with Crippen LogP contribution in [0.3, 0.4) is 0 Å². The van der Waals surface area contributed by atoms with Gasteiger partial charge in [0.2, 0.25) is 11.8 Å². The molecule has 30 heavy (non-hydrogen) atoms. The molecular formula is C21H22F3N3O2S. The van der Waals surface area contributed by atoms with Crippen molar-refractivity contribution < 1.29 is 22.8 Å². The Morgan fingerprint density at radius 3 is 2.77 bits per heavy atom. The van der Waals surface area contributed by atoms with E-state index < -0.39 is 17.8 Å². The predicted molar refractivity (Wildman–Crippen MR) is 109 cm³/mol. The Kier molecular flexibility index (Phi) is 7.36. The lowest BCUT2D eigenvalue weighted by Gasteiger charge is -2.26. The van der Waals surface area contributed by atoms with Crippen LogP contribution in [0.1, 0.15) is 35.6 Å². The number of hydrogen-bond donors (Lipinski definition) is 1. The number of nitrogens with zero attached hydrogens (tertiary/aromatic N) is 2. The van der Waals surface area contributed by atoms with Gasteiger partial charge in [0.25, 0.3) is 0 Å². The molecule has 0 saturated carbocycles. The van der Waals surface area contributed by atoms with Crippen molar-refractivity contribution in [2.24, 2.45) is 0 Å². The molecule has 0 radical (unpaired) electrons. The topological polar surface area (TPSA) is 62.3 Å². The predicted octanol–water partition coefficient (Wildman–Crippen LogP) is 3.81. The van der Waals surface area contributed by atoms with Gasteiger partial charge in [-0.2, -0.15) is 13.2 Å². The third-order valence-corrected chi connectivity index (χ3v) is 5.75. The van der Waals surface area contributed by atoms with E-state index in [1.54, 1.807) is 23.4 Å². The monoisotopic (exact) mass is 437 g/mol. The molecular weight excluding hydrogens is 415 g/mol. The fourth-order valence-corrected chi connectivity index (χ4v) is 4.04. The van der Waals surface area contributed by atoms with Crippen molar-refractivity contribution in [3.8, 4) is 0 Å². The van der Waals surface area contributed by atoms with Crippen molar-refractivity contribution in [2.45, 2.75) is 30.8 Å². The van der Waals surface area contributed by atoms with Gasteiger partial charge in [-0.05, 0) is 35.7 Å². The van der Waals surface area contributed by atoms with Crippen LogP contribution in [0.2, 0.25) is 0 Å². The smallest absolute Gasteiger partial charge is 0.347 e. The first-order valence-corrected chi connectivity index (χ1v) is 10.7. The maximum Gasteiger partial charge on any atom is 0.416 e. The first-order chi connectivity index (χ1) is 14.3. The molecule has 1 aromatic carbocycles. The molecule has 1 aromatic heterocycles. The quantitative estimate of drug-likeness (QED) is 0.682. The number of alkyl halides is 3. The number of amides is 2. The highest BCUT2D eigenvalue weighted by molar-refractivity contribution is 7.99. The van der Waals surface area contributed by atoms with E-state index in [-0.39, 0.29) is 24.1 Å². The average Bonchev–Trinajstić information content (AvgIpc) is 3.12. The number of benzene rings is 1. The molecule has 1 N–H and O–H groups in total. The van der Waals surface area contributed by atoms with Crippen LogP contribution >= 0.6 is 11.8 Å². The lowest BCUT2D eigenvalue weighted by Crippen LogP contribution is -2.39. The van der Waals surface area contributed by atoms with Crippen LogP contribution in [-0.4, -0.2) is 40.5 Å². The van der Waals surface area contributed by atoms with Crippen LogP contribution < -0.4 is 5.32 Å². The molecule has 160 valence electrons. The van der Waals surface area contributed by atoms with Gasteiger partial charge in [0.15, 0.2) is 0 Å². The number of rotatable bonds is 8. The van der Waals surface area contributed by atoms with Crippen molar-refractivity contribution >= 4 is 23.6 Å². The Hall–Kier alpha value is -2.55. The first kappa shape index (κ1) is 22.1. The summed E-state index contributed by atoms with van der Waals surface area (Å²) in [6.07, 6.45) is 0.0381. The summed E-state index contributed by atoms with van der Waals surface area (Å²) in [6, 6.07) is 7.90. The zero-order valence-corrected chi connectivity index (χ0v) is 17.0. The summed E-state index contributed by atoms with van der Waals surface area (Å²) in [5, 5.41) is 2.81. The lowest BCUT2D eigenvalue weighted by molar-refractivity contribution is -0.137. The fraction of sp³-hybridized carbons (Fsp3) is 0.381. The van der Waals surface area contributed by atoms with Crippen molar-refractivity contribution in [3.63, 3.8) is 0 Å². The van der Waals surface area contributed by atoms with E-state index in [2.05, 4.69) is 10.3 Å². The number of pyridine rings is 1. The Morgan fingerprint density at radius 1 is 1.27 bits per heavy atom. The normalized spacial score (nSPS) is 15.3. The maximum atomic E-state index is 13.1. The molecule has 0 bridgehead atoms. The molecule has 1 aliphatic heterocycles. The minimum Gasteiger partial charge on any atom is -0.347 e. The van der Waals surface area contributed by atoms with Gasteiger partial charge in [0, 0.05) is 37.7 Å². The van der Waals surface area contributed by atoms with Crippen LogP contribution in [0.15, 0.2) is 48.8 Å². The van der Waals surface area contributed by atoms with E-state index in [1.165, 1.54) is 17.8 Å².